The largest absolute Gasteiger partial charge is 0.247 e. The Hall–Kier alpha value is -2.47. The van der Waals surface area contributed by atoms with E-state index in [9.17, 15) is 8.78 Å². The van der Waals surface area contributed by atoms with Crippen LogP contribution in [0.25, 0.3) is 11.1 Å². The van der Waals surface area contributed by atoms with Crippen molar-refractivity contribution in [1.82, 2.24) is 0 Å². The molecule has 27 heavy (non-hydrogen) atoms. The Bertz CT molecular complexity index is 809. The molecule has 3 rings (SSSR count). The van der Waals surface area contributed by atoms with Crippen LogP contribution in [-0.4, -0.2) is 6.67 Å². The lowest BCUT2D eigenvalue weighted by molar-refractivity contribution is 0.312. The molecule has 0 spiro atoms. The van der Waals surface area contributed by atoms with Crippen LogP contribution in [0.5, 0.6) is 0 Å². The molecular weight excluding hydrogens is 340 g/mol. The van der Waals surface area contributed by atoms with Crippen LogP contribution >= 0.6 is 0 Å². The third kappa shape index (κ3) is 5.04. The zero-order valence-electron chi connectivity index (χ0n) is 15.5. The summed E-state index contributed by atoms with van der Waals surface area (Å²) in [4.78, 5) is 0. The van der Waals surface area contributed by atoms with Crippen LogP contribution in [0.4, 0.5) is 8.78 Å². The zero-order valence-corrected chi connectivity index (χ0v) is 15.5. The van der Waals surface area contributed by atoms with Crippen LogP contribution in [0.2, 0.25) is 0 Å². The Balaban J connectivity index is 1.58. The van der Waals surface area contributed by atoms with Crippen molar-refractivity contribution in [3.8, 4) is 17.2 Å². The van der Waals surface area contributed by atoms with Crippen LogP contribution in [0, 0.1) is 23.1 Å². The lowest BCUT2D eigenvalue weighted by Gasteiger charge is -2.28. The Kier molecular flexibility index (Phi) is 6.76. The van der Waals surface area contributed by atoms with Crippen molar-refractivity contribution in [2.75, 3.05) is 6.67 Å². The minimum absolute atomic E-state index is 0.0762. The first-order chi connectivity index (χ1) is 13.2. The summed E-state index contributed by atoms with van der Waals surface area (Å²) in [6.45, 7) is -0.363. The first kappa shape index (κ1) is 19.3. The Labute approximate surface area is 160 Å². The molecule has 0 aliphatic heterocycles. The van der Waals surface area contributed by atoms with E-state index in [1.807, 2.05) is 24.3 Å². The van der Waals surface area contributed by atoms with E-state index in [1.54, 1.807) is 12.1 Å². The normalized spacial score (nSPS) is 19.9. The van der Waals surface area contributed by atoms with Crippen molar-refractivity contribution in [1.29, 1.82) is 5.26 Å². The van der Waals surface area contributed by atoms with Gasteiger partial charge in [0.15, 0.2) is 0 Å². The second kappa shape index (κ2) is 9.46. The second-order valence-electron chi connectivity index (χ2n) is 7.35. The first-order valence-corrected chi connectivity index (χ1v) is 9.72. The van der Waals surface area contributed by atoms with Gasteiger partial charge in [-0.1, -0.05) is 42.5 Å². The molecule has 2 aromatic carbocycles. The number of halogens is 2. The summed E-state index contributed by atoms with van der Waals surface area (Å²) in [5, 5.41) is 8.84. The zero-order chi connectivity index (χ0) is 19.1. The van der Waals surface area contributed by atoms with Crippen LogP contribution < -0.4 is 0 Å². The van der Waals surface area contributed by atoms with E-state index in [0.29, 0.717) is 5.92 Å². The third-order valence-electron chi connectivity index (χ3n) is 5.65. The summed E-state index contributed by atoms with van der Waals surface area (Å²) >= 11 is 0. The standard InChI is InChI=1S/C24H25F2N/c25-15-3-1-2-4-18-5-7-19(8-6-18)20-9-11-21(12-10-20)22-13-14-23(17-27)24(26)16-22/h1,3,9-14,16,18-19H,2,4-8,15H2/b3-1+/t18-,19-. The number of benzene rings is 2. The summed E-state index contributed by atoms with van der Waals surface area (Å²) in [6, 6.07) is 15.0. The van der Waals surface area contributed by atoms with Gasteiger partial charge in [0.05, 0.1) is 5.56 Å². The van der Waals surface area contributed by atoms with E-state index < -0.39 is 5.82 Å². The fourth-order valence-electron chi connectivity index (χ4n) is 4.03. The number of rotatable bonds is 6. The van der Waals surface area contributed by atoms with Gasteiger partial charge in [-0.25, -0.2) is 8.78 Å². The maximum absolute atomic E-state index is 13.8. The highest BCUT2D eigenvalue weighted by atomic mass is 19.1. The van der Waals surface area contributed by atoms with Crippen molar-refractivity contribution in [3.05, 3.63) is 71.6 Å². The molecule has 0 saturated heterocycles. The van der Waals surface area contributed by atoms with E-state index in [4.69, 9.17) is 5.26 Å². The number of hydrogen-bond acceptors (Lipinski definition) is 1. The monoisotopic (exact) mass is 365 g/mol. The lowest BCUT2D eigenvalue weighted by atomic mass is 9.77. The van der Waals surface area contributed by atoms with Gasteiger partial charge >= 0.3 is 0 Å². The number of nitrogens with zero attached hydrogens (tertiary/aromatic N) is 1. The topological polar surface area (TPSA) is 23.8 Å². The summed E-state index contributed by atoms with van der Waals surface area (Å²) in [7, 11) is 0. The van der Waals surface area contributed by atoms with Crippen LogP contribution in [0.1, 0.15) is 55.6 Å². The molecule has 0 atom stereocenters. The molecule has 0 N–H and O–H groups in total. The molecule has 1 saturated carbocycles. The summed E-state index contributed by atoms with van der Waals surface area (Å²) in [5.74, 6) is 0.875. The Morgan fingerprint density at radius 3 is 2.30 bits per heavy atom. The highest BCUT2D eigenvalue weighted by molar-refractivity contribution is 5.64. The molecule has 0 aromatic heterocycles. The average Bonchev–Trinajstić information content (AvgIpc) is 2.72. The first-order valence-electron chi connectivity index (χ1n) is 9.72. The quantitative estimate of drug-likeness (QED) is 0.508. The van der Waals surface area contributed by atoms with Gasteiger partial charge in [-0.15, -0.1) is 0 Å². The van der Waals surface area contributed by atoms with Gasteiger partial charge < -0.3 is 0 Å². The number of nitriles is 1. The molecule has 3 heteroatoms. The van der Waals surface area contributed by atoms with Crippen LogP contribution in [0.15, 0.2) is 54.6 Å². The smallest absolute Gasteiger partial charge is 0.141 e. The van der Waals surface area contributed by atoms with Gasteiger partial charge in [-0.3, -0.25) is 0 Å². The lowest BCUT2D eigenvalue weighted by Crippen LogP contribution is -2.13. The van der Waals surface area contributed by atoms with Gasteiger partial charge in [-0.2, -0.15) is 5.26 Å². The van der Waals surface area contributed by atoms with E-state index in [0.717, 1.165) is 29.9 Å². The molecule has 1 fully saturated rings. The molecule has 0 heterocycles. The van der Waals surface area contributed by atoms with Crippen molar-refractivity contribution in [2.45, 2.75) is 44.4 Å². The summed E-state index contributed by atoms with van der Waals surface area (Å²) < 4.78 is 25.9. The predicted octanol–water partition coefficient (Wildman–Crippen LogP) is 6.94. The van der Waals surface area contributed by atoms with Crippen LogP contribution in [0.3, 0.4) is 0 Å². The van der Waals surface area contributed by atoms with E-state index in [1.165, 1.54) is 43.4 Å². The van der Waals surface area contributed by atoms with Crippen LogP contribution in [-0.2, 0) is 0 Å². The molecular formula is C24H25F2N. The molecule has 0 unspecified atom stereocenters. The molecule has 1 nitrogen and oxygen atoms in total. The maximum Gasteiger partial charge on any atom is 0.141 e. The predicted molar refractivity (Wildman–Crippen MR) is 106 cm³/mol. The van der Waals surface area contributed by atoms with Crippen molar-refractivity contribution < 1.29 is 8.78 Å². The molecule has 2 aromatic rings. The minimum Gasteiger partial charge on any atom is -0.247 e. The van der Waals surface area contributed by atoms with Gasteiger partial charge in [0.2, 0.25) is 0 Å². The summed E-state index contributed by atoms with van der Waals surface area (Å²) in [6.07, 6.45) is 10.6. The second-order valence-corrected chi connectivity index (χ2v) is 7.35. The van der Waals surface area contributed by atoms with Gasteiger partial charge in [0.1, 0.15) is 18.6 Å². The number of hydrogen-bond donors (Lipinski definition) is 0. The summed E-state index contributed by atoms with van der Waals surface area (Å²) in [5.41, 5.74) is 3.19. The highest BCUT2D eigenvalue weighted by Gasteiger charge is 2.21. The van der Waals surface area contributed by atoms with Crippen molar-refractivity contribution in [3.63, 3.8) is 0 Å². The minimum atomic E-state index is -0.473. The highest BCUT2D eigenvalue weighted by Crippen LogP contribution is 2.38. The van der Waals surface area contributed by atoms with E-state index in [2.05, 4.69) is 12.1 Å². The fraction of sp³-hybridized carbons (Fsp3) is 0.375. The SMILES string of the molecule is N#Cc1ccc(-c2ccc([C@H]3CC[C@H](CC/C=C/CF)CC3)cc2)cc1F. The fourth-order valence-corrected chi connectivity index (χ4v) is 4.03. The van der Waals surface area contributed by atoms with Crippen molar-refractivity contribution in [2.24, 2.45) is 5.92 Å². The molecule has 1 aliphatic carbocycles. The third-order valence-corrected chi connectivity index (χ3v) is 5.65. The molecule has 0 bridgehead atoms. The molecule has 1 aliphatic rings. The van der Waals surface area contributed by atoms with E-state index >= 15 is 0 Å². The van der Waals surface area contributed by atoms with Gasteiger partial charge in [0, 0.05) is 0 Å². The number of allylic oxidation sites excluding steroid dienone is 2. The average molecular weight is 365 g/mol. The van der Waals surface area contributed by atoms with Gasteiger partial charge in [-0.05, 0) is 79.2 Å². The molecule has 140 valence electrons. The Morgan fingerprint density at radius 1 is 0.963 bits per heavy atom. The molecule has 0 radical (unpaired) electrons. The molecule has 0 amide bonds. The maximum atomic E-state index is 13.8. The Morgan fingerprint density at radius 2 is 1.67 bits per heavy atom. The van der Waals surface area contributed by atoms with Gasteiger partial charge in [0.25, 0.3) is 0 Å². The van der Waals surface area contributed by atoms with E-state index in [-0.39, 0.29) is 12.2 Å². The van der Waals surface area contributed by atoms with Crippen molar-refractivity contribution >= 4 is 0 Å². The number of alkyl halides is 1.